The molecule has 106 valence electrons. The van der Waals surface area contributed by atoms with Crippen molar-refractivity contribution < 1.29 is 4.74 Å². The number of hydrogen-bond donors (Lipinski definition) is 2. The minimum Gasteiger partial charge on any atom is -0.478 e. The summed E-state index contributed by atoms with van der Waals surface area (Å²) in [7, 11) is 0. The molecule has 1 unspecified atom stereocenters. The minimum atomic E-state index is -0.0907. The van der Waals surface area contributed by atoms with Crippen LogP contribution in [0.2, 0.25) is 0 Å². The van der Waals surface area contributed by atoms with Crippen LogP contribution in [0.3, 0.4) is 0 Å². The topological polar surface area (TPSA) is 49.9 Å². The number of imidazole rings is 1. The molecule has 2 aromatic carbocycles. The average molecular weight is 279 g/mol. The van der Waals surface area contributed by atoms with E-state index in [1.165, 1.54) is 11.1 Å². The molecular formula is C17H17N3O. The number of aromatic nitrogens is 2. The van der Waals surface area contributed by atoms with Crippen molar-refractivity contribution in [2.24, 2.45) is 0 Å². The fourth-order valence-corrected chi connectivity index (χ4v) is 2.91. The zero-order chi connectivity index (χ0) is 14.4. The SMILES string of the molecule is Cc1cc(C)c2nc(C3CNc4ccccc4O3)[nH]c2c1. The molecule has 4 heteroatoms. The van der Waals surface area contributed by atoms with Crippen molar-refractivity contribution in [3.05, 3.63) is 53.3 Å². The molecule has 21 heavy (non-hydrogen) atoms. The maximum Gasteiger partial charge on any atom is 0.173 e. The van der Waals surface area contributed by atoms with Crippen molar-refractivity contribution >= 4 is 16.7 Å². The third kappa shape index (κ3) is 2.03. The lowest BCUT2D eigenvalue weighted by atomic mass is 10.1. The molecule has 0 aliphatic carbocycles. The molecule has 3 aromatic rings. The van der Waals surface area contributed by atoms with Gasteiger partial charge in [-0.2, -0.15) is 0 Å². The van der Waals surface area contributed by atoms with Gasteiger partial charge in [0.2, 0.25) is 0 Å². The standard InChI is InChI=1S/C17H17N3O/c1-10-7-11(2)16-13(8-10)19-17(20-16)15-9-18-12-5-3-4-6-14(12)21-15/h3-8,15,18H,9H2,1-2H3,(H,19,20). The Balaban J connectivity index is 1.73. The molecule has 0 saturated heterocycles. The number of para-hydroxylation sites is 2. The number of anilines is 1. The zero-order valence-electron chi connectivity index (χ0n) is 12.1. The van der Waals surface area contributed by atoms with Crippen molar-refractivity contribution in [1.29, 1.82) is 0 Å². The first kappa shape index (κ1) is 12.3. The van der Waals surface area contributed by atoms with Gasteiger partial charge < -0.3 is 15.0 Å². The van der Waals surface area contributed by atoms with Crippen molar-refractivity contribution in [2.45, 2.75) is 20.0 Å². The van der Waals surface area contributed by atoms with E-state index in [-0.39, 0.29) is 6.10 Å². The molecule has 0 radical (unpaired) electrons. The summed E-state index contributed by atoms with van der Waals surface area (Å²) < 4.78 is 6.06. The number of fused-ring (bicyclic) bond motifs is 2. The highest BCUT2D eigenvalue weighted by atomic mass is 16.5. The Labute approximate surface area is 123 Å². The number of rotatable bonds is 1. The van der Waals surface area contributed by atoms with E-state index in [1.54, 1.807) is 0 Å². The van der Waals surface area contributed by atoms with Gasteiger partial charge in [-0.1, -0.05) is 18.2 Å². The maximum atomic E-state index is 6.06. The first-order chi connectivity index (χ1) is 10.2. The fraction of sp³-hybridized carbons (Fsp3) is 0.235. The Bertz CT molecular complexity index is 822. The summed E-state index contributed by atoms with van der Waals surface area (Å²) in [6.07, 6.45) is -0.0907. The molecule has 4 rings (SSSR count). The quantitative estimate of drug-likeness (QED) is 0.713. The van der Waals surface area contributed by atoms with Crippen LogP contribution in [0.5, 0.6) is 5.75 Å². The highest BCUT2D eigenvalue weighted by Crippen LogP contribution is 2.33. The van der Waals surface area contributed by atoms with Gasteiger partial charge in [0.25, 0.3) is 0 Å². The Morgan fingerprint density at radius 3 is 2.95 bits per heavy atom. The smallest absolute Gasteiger partial charge is 0.173 e. The van der Waals surface area contributed by atoms with Crippen LogP contribution >= 0.6 is 0 Å². The number of aryl methyl sites for hydroxylation is 2. The zero-order valence-corrected chi connectivity index (χ0v) is 12.1. The van der Waals surface area contributed by atoms with Crippen molar-refractivity contribution in [2.75, 3.05) is 11.9 Å². The third-order valence-electron chi connectivity index (χ3n) is 3.88. The number of nitrogens with one attached hydrogen (secondary N) is 2. The lowest BCUT2D eigenvalue weighted by Crippen LogP contribution is -2.24. The molecule has 1 aliphatic heterocycles. The largest absolute Gasteiger partial charge is 0.478 e. The second kappa shape index (κ2) is 4.52. The van der Waals surface area contributed by atoms with E-state index in [4.69, 9.17) is 9.72 Å². The van der Waals surface area contributed by atoms with E-state index < -0.39 is 0 Å². The van der Waals surface area contributed by atoms with Gasteiger partial charge in [-0.3, -0.25) is 0 Å². The number of benzene rings is 2. The van der Waals surface area contributed by atoms with Gasteiger partial charge in [-0.05, 0) is 43.2 Å². The fourth-order valence-electron chi connectivity index (χ4n) is 2.91. The molecule has 0 fully saturated rings. The van der Waals surface area contributed by atoms with E-state index >= 15 is 0 Å². The van der Waals surface area contributed by atoms with E-state index in [9.17, 15) is 0 Å². The molecule has 0 saturated carbocycles. The van der Waals surface area contributed by atoms with Crippen molar-refractivity contribution in [1.82, 2.24) is 9.97 Å². The maximum absolute atomic E-state index is 6.06. The van der Waals surface area contributed by atoms with Crippen molar-refractivity contribution in [3.63, 3.8) is 0 Å². The molecule has 2 N–H and O–H groups in total. The van der Waals surface area contributed by atoms with Gasteiger partial charge in [0.1, 0.15) is 11.6 Å². The number of hydrogen-bond acceptors (Lipinski definition) is 3. The van der Waals surface area contributed by atoms with Crippen LogP contribution in [-0.2, 0) is 0 Å². The minimum absolute atomic E-state index is 0.0907. The number of ether oxygens (including phenoxy) is 1. The molecule has 2 heterocycles. The average Bonchev–Trinajstić information content (AvgIpc) is 2.91. The highest BCUT2D eigenvalue weighted by molar-refractivity contribution is 5.79. The van der Waals surface area contributed by atoms with Gasteiger partial charge in [0, 0.05) is 0 Å². The van der Waals surface area contributed by atoms with Gasteiger partial charge in [-0.25, -0.2) is 4.98 Å². The highest BCUT2D eigenvalue weighted by Gasteiger charge is 2.23. The second-order valence-corrected chi connectivity index (χ2v) is 5.58. The Kier molecular flexibility index (Phi) is 2.64. The van der Waals surface area contributed by atoms with Gasteiger partial charge in [0.15, 0.2) is 6.10 Å². The van der Waals surface area contributed by atoms with E-state index in [1.807, 2.05) is 24.3 Å². The van der Waals surface area contributed by atoms with Gasteiger partial charge in [0.05, 0.1) is 23.3 Å². The number of aromatic amines is 1. The third-order valence-corrected chi connectivity index (χ3v) is 3.88. The predicted octanol–water partition coefficient (Wildman–Crippen LogP) is 3.73. The van der Waals surface area contributed by atoms with E-state index in [2.05, 4.69) is 36.3 Å². The molecule has 1 atom stereocenters. The Morgan fingerprint density at radius 1 is 1.19 bits per heavy atom. The molecule has 0 spiro atoms. The number of H-pyrrole nitrogens is 1. The molecule has 1 aliphatic rings. The summed E-state index contributed by atoms with van der Waals surface area (Å²) in [5.41, 5.74) is 5.57. The summed E-state index contributed by atoms with van der Waals surface area (Å²) in [6, 6.07) is 12.3. The van der Waals surface area contributed by atoms with Crippen LogP contribution in [-0.4, -0.2) is 16.5 Å². The predicted molar refractivity (Wildman–Crippen MR) is 83.9 cm³/mol. The van der Waals surface area contributed by atoms with E-state index in [0.717, 1.165) is 34.8 Å². The van der Waals surface area contributed by atoms with Crippen LogP contribution in [0.15, 0.2) is 36.4 Å². The molecule has 4 nitrogen and oxygen atoms in total. The Hall–Kier alpha value is -2.49. The first-order valence-electron chi connectivity index (χ1n) is 7.17. The molecule has 0 amide bonds. The number of nitrogens with zero attached hydrogens (tertiary/aromatic N) is 1. The first-order valence-corrected chi connectivity index (χ1v) is 7.17. The Morgan fingerprint density at radius 2 is 2.05 bits per heavy atom. The van der Waals surface area contributed by atoms with Gasteiger partial charge >= 0.3 is 0 Å². The van der Waals surface area contributed by atoms with Crippen LogP contribution in [0, 0.1) is 13.8 Å². The summed E-state index contributed by atoms with van der Waals surface area (Å²) >= 11 is 0. The van der Waals surface area contributed by atoms with Crippen LogP contribution in [0.4, 0.5) is 5.69 Å². The monoisotopic (exact) mass is 279 g/mol. The second-order valence-electron chi connectivity index (χ2n) is 5.58. The lowest BCUT2D eigenvalue weighted by molar-refractivity contribution is 0.202. The summed E-state index contributed by atoms with van der Waals surface area (Å²) in [6.45, 7) is 4.91. The summed E-state index contributed by atoms with van der Waals surface area (Å²) in [5.74, 6) is 1.75. The van der Waals surface area contributed by atoms with Crippen LogP contribution < -0.4 is 10.1 Å². The molecule has 1 aromatic heterocycles. The molecular weight excluding hydrogens is 262 g/mol. The normalized spacial score (nSPS) is 17.1. The lowest BCUT2D eigenvalue weighted by Gasteiger charge is -2.25. The summed E-state index contributed by atoms with van der Waals surface area (Å²) in [4.78, 5) is 8.13. The molecule has 0 bridgehead atoms. The summed E-state index contributed by atoms with van der Waals surface area (Å²) in [5, 5.41) is 3.40. The van der Waals surface area contributed by atoms with Crippen molar-refractivity contribution in [3.8, 4) is 5.75 Å². The van der Waals surface area contributed by atoms with Crippen LogP contribution in [0.1, 0.15) is 23.1 Å². The van der Waals surface area contributed by atoms with E-state index in [0.29, 0.717) is 0 Å². The van der Waals surface area contributed by atoms with Crippen LogP contribution in [0.25, 0.3) is 11.0 Å². The van der Waals surface area contributed by atoms with Gasteiger partial charge in [-0.15, -0.1) is 0 Å².